The van der Waals surface area contributed by atoms with Crippen molar-refractivity contribution < 1.29 is 4.79 Å². The summed E-state index contributed by atoms with van der Waals surface area (Å²) in [5.41, 5.74) is 5.07. The van der Waals surface area contributed by atoms with Crippen LogP contribution >= 0.6 is 0 Å². The number of benzene rings is 2. The van der Waals surface area contributed by atoms with E-state index in [9.17, 15) is 4.79 Å². The summed E-state index contributed by atoms with van der Waals surface area (Å²) >= 11 is 0. The third-order valence-electron chi connectivity index (χ3n) is 4.42. The number of rotatable bonds is 5. The number of hydrogen-bond donors (Lipinski definition) is 1. The normalized spacial score (nSPS) is 12.7. The molecule has 2 aromatic carbocycles. The van der Waals surface area contributed by atoms with E-state index in [1.165, 1.54) is 16.7 Å². The molecule has 0 aromatic heterocycles. The largest absolute Gasteiger partial charge is 0.350 e. The van der Waals surface area contributed by atoms with E-state index in [-0.39, 0.29) is 17.4 Å². The highest BCUT2D eigenvalue weighted by molar-refractivity contribution is 5.76. The van der Waals surface area contributed by atoms with Gasteiger partial charge < -0.3 is 5.32 Å². The quantitative estimate of drug-likeness (QED) is 0.814. The highest BCUT2D eigenvalue weighted by atomic mass is 16.1. The molecule has 128 valence electrons. The second-order valence-corrected chi connectivity index (χ2v) is 7.65. The summed E-state index contributed by atoms with van der Waals surface area (Å²) in [5, 5.41) is 3.08. The highest BCUT2D eigenvalue weighted by Crippen LogP contribution is 2.22. The van der Waals surface area contributed by atoms with Crippen LogP contribution in [0.5, 0.6) is 0 Å². The number of nitrogens with one attached hydrogen (secondary N) is 1. The van der Waals surface area contributed by atoms with Gasteiger partial charge >= 0.3 is 0 Å². The fourth-order valence-corrected chi connectivity index (χ4v) is 2.68. The van der Waals surface area contributed by atoms with Crippen molar-refractivity contribution in [3.8, 4) is 0 Å². The molecule has 0 aliphatic carbocycles. The summed E-state index contributed by atoms with van der Waals surface area (Å²) in [6.07, 6.45) is 1.29. The van der Waals surface area contributed by atoms with E-state index in [0.717, 1.165) is 12.0 Å². The van der Waals surface area contributed by atoms with Gasteiger partial charge in [-0.1, -0.05) is 74.9 Å². The smallest absolute Gasteiger partial charge is 0.220 e. The topological polar surface area (TPSA) is 29.1 Å². The molecule has 0 spiro atoms. The molecule has 0 fully saturated rings. The zero-order valence-electron chi connectivity index (χ0n) is 15.5. The summed E-state index contributed by atoms with van der Waals surface area (Å²) in [6, 6.07) is 17.0. The maximum Gasteiger partial charge on any atom is 0.220 e. The first-order valence-corrected chi connectivity index (χ1v) is 8.71. The van der Waals surface area contributed by atoms with Crippen LogP contribution in [0.25, 0.3) is 0 Å². The molecule has 0 heterocycles. The van der Waals surface area contributed by atoms with Gasteiger partial charge in [0.05, 0.1) is 6.04 Å². The molecule has 0 radical (unpaired) electrons. The lowest BCUT2D eigenvalue weighted by Gasteiger charge is -2.19. The minimum atomic E-state index is 0.0429. The van der Waals surface area contributed by atoms with Gasteiger partial charge in [0.15, 0.2) is 0 Å². The van der Waals surface area contributed by atoms with Crippen LogP contribution in [0.1, 0.15) is 62.4 Å². The standard InChI is InChI=1S/C22H29NO/c1-16-6-11-19(12-7-16)17(2)23-21(24)15-10-18-8-13-20(14-9-18)22(3,4)5/h6-9,11-14,17H,10,15H2,1-5H3,(H,23,24)/t17-/m0/s1. The zero-order chi connectivity index (χ0) is 17.7. The number of aryl methyl sites for hydroxylation is 2. The molecule has 1 atom stereocenters. The van der Waals surface area contributed by atoms with E-state index < -0.39 is 0 Å². The first-order chi connectivity index (χ1) is 11.3. The maximum atomic E-state index is 12.2. The number of hydrogen-bond acceptors (Lipinski definition) is 1. The van der Waals surface area contributed by atoms with Crippen LogP contribution in [0.4, 0.5) is 0 Å². The van der Waals surface area contributed by atoms with Crippen LogP contribution in [0.15, 0.2) is 48.5 Å². The van der Waals surface area contributed by atoms with Crippen LogP contribution in [0.3, 0.4) is 0 Å². The molecule has 0 unspecified atom stereocenters. The summed E-state index contributed by atoms with van der Waals surface area (Å²) in [6.45, 7) is 10.7. The Morgan fingerprint density at radius 1 is 1.00 bits per heavy atom. The molecule has 2 rings (SSSR count). The van der Waals surface area contributed by atoms with Gasteiger partial charge in [0.1, 0.15) is 0 Å². The van der Waals surface area contributed by atoms with Crippen molar-refractivity contribution in [1.29, 1.82) is 0 Å². The molecule has 0 saturated heterocycles. The molecule has 1 N–H and O–H groups in total. The molecule has 2 nitrogen and oxygen atoms in total. The lowest BCUT2D eigenvalue weighted by Crippen LogP contribution is -2.26. The summed E-state index contributed by atoms with van der Waals surface area (Å²) in [4.78, 5) is 12.2. The number of carbonyl (C=O) groups excluding carboxylic acids is 1. The van der Waals surface area contributed by atoms with Gasteiger partial charge in [0, 0.05) is 6.42 Å². The lowest BCUT2D eigenvalue weighted by molar-refractivity contribution is -0.121. The van der Waals surface area contributed by atoms with Gasteiger partial charge in [0.25, 0.3) is 0 Å². The van der Waals surface area contributed by atoms with Crippen molar-refractivity contribution in [2.75, 3.05) is 0 Å². The second-order valence-electron chi connectivity index (χ2n) is 7.65. The van der Waals surface area contributed by atoms with Crippen molar-refractivity contribution in [3.63, 3.8) is 0 Å². The van der Waals surface area contributed by atoms with Crippen molar-refractivity contribution in [1.82, 2.24) is 5.32 Å². The Hall–Kier alpha value is -2.09. The van der Waals surface area contributed by atoms with Crippen LogP contribution in [0.2, 0.25) is 0 Å². The SMILES string of the molecule is Cc1ccc([C@H](C)NC(=O)CCc2ccc(C(C)(C)C)cc2)cc1. The van der Waals surface area contributed by atoms with Gasteiger partial charge in [-0.15, -0.1) is 0 Å². The van der Waals surface area contributed by atoms with E-state index in [1.54, 1.807) is 0 Å². The van der Waals surface area contributed by atoms with E-state index in [2.05, 4.69) is 81.5 Å². The Labute approximate surface area is 146 Å². The molecule has 2 aromatic rings. The van der Waals surface area contributed by atoms with Gasteiger partial charge in [-0.25, -0.2) is 0 Å². The van der Waals surface area contributed by atoms with Crippen LogP contribution in [0, 0.1) is 6.92 Å². The fourth-order valence-electron chi connectivity index (χ4n) is 2.68. The summed E-state index contributed by atoms with van der Waals surface area (Å²) < 4.78 is 0. The van der Waals surface area contributed by atoms with E-state index in [0.29, 0.717) is 6.42 Å². The van der Waals surface area contributed by atoms with Crippen LogP contribution in [-0.4, -0.2) is 5.91 Å². The fraction of sp³-hybridized carbons (Fsp3) is 0.409. The molecular weight excluding hydrogens is 294 g/mol. The average molecular weight is 323 g/mol. The average Bonchev–Trinajstić information content (AvgIpc) is 2.53. The van der Waals surface area contributed by atoms with Gasteiger partial charge in [-0.2, -0.15) is 0 Å². The predicted molar refractivity (Wildman–Crippen MR) is 101 cm³/mol. The second kappa shape index (κ2) is 7.65. The Kier molecular flexibility index (Phi) is 5.82. The van der Waals surface area contributed by atoms with E-state index in [4.69, 9.17) is 0 Å². The van der Waals surface area contributed by atoms with Gasteiger partial charge in [0.2, 0.25) is 5.91 Å². The number of carbonyl (C=O) groups is 1. The van der Waals surface area contributed by atoms with Gasteiger partial charge in [-0.05, 0) is 42.4 Å². The van der Waals surface area contributed by atoms with Crippen molar-refractivity contribution in [2.45, 2.75) is 58.9 Å². The third-order valence-corrected chi connectivity index (χ3v) is 4.42. The molecular formula is C22H29NO. The van der Waals surface area contributed by atoms with Crippen LogP contribution in [-0.2, 0) is 16.6 Å². The molecule has 24 heavy (non-hydrogen) atoms. The molecule has 0 bridgehead atoms. The van der Waals surface area contributed by atoms with Crippen LogP contribution < -0.4 is 5.32 Å². The minimum absolute atomic E-state index is 0.0429. The lowest BCUT2D eigenvalue weighted by atomic mass is 9.86. The number of amides is 1. The van der Waals surface area contributed by atoms with Crippen molar-refractivity contribution >= 4 is 5.91 Å². The first kappa shape index (κ1) is 18.3. The Morgan fingerprint density at radius 3 is 2.12 bits per heavy atom. The molecule has 0 saturated carbocycles. The monoisotopic (exact) mass is 323 g/mol. The first-order valence-electron chi connectivity index (χ1n) is 8.71. The van der Waals surface area contributed by atoms with E-state index in [1.807, 2.05) is 6.92 Å². The molecule has 2 heteroatoms. The van der Waals surface area contributed by atoms with Crippen molar-refractivity contribution in [3.05, 3.63) is 70.8 Å². The summed E-state index contributed by atoms with van der Waals surface area (Å²) in [7, 11) is 0. The zero-order valence-corrected chi connectivity index (χ0v) is 15.5. The summed E-state index contributed by atoms with van der Waals surface area (Å²) in [5.74, 6) is 0.1000. The molecule has 0 aliphatic heterocycles. The Bertz CT molecular complexity index is 663. The van der Waals surface area contributed by atoms with Crippen molar-refractivity contribution in [2.24, 2.45) is 0 Å². The third kappa shape index (κ3) is 5.23. The molecule has 0 aliphatic rings. The van der Waals surface area contributed by atoms with E-state index >= 15 is 0 Å². The minimum Gasteiger partial charge on any atom is -0.350 e. The Morgan fingerprint density at radius 2 is 1.58 bits per heavy atom. The maximum absolute atomic E-state index is 12.2. The van der Waals surface area contributed by atoms with Gasteiger partial charge in [-0.3, -0.25) is 4.79 Å². The highest BCUT2D eigenvalue weighted by Gasteiger charge is 2.13. The molecule has 1 amide bonds. The Balaban J connectivity index is 1.85. The predicted octanol–water partition coefficient (Wildman–Crippen LogP) is 5.10.